The third-order valence-electron chi connectivity index (χ3n) is 2.77. The first-order chi connectivity index (χ1) is 9.72. The zero-order valence-corrected chi connectivity index (χ0v) is 12.0. The van der Waals surface area contributed by atoms with Crippen LogP contribution in [-0.2, 0) is 12.8 Å². The summed E-state index contributed by atoms with van der Waals surface area (Å²) in [5, 5.41) is 12.6. The Labute approximate surface area is 120 Å². The molecule has 0 fully saturated rings. The zero-order valence-electron chi connectivity index (χ0n) is 11.1. The first-order valence-electron chi connectivity index (χ1n) is 6.09. The van der Waals surface area contributed by atoms with Crippen LogP contribution in [0.4, 0.5) is 0 Å². The molecule has 6 nitrogen and oxygen atoms in total. The van der Waals surface area contributed by atoms with E-state index >= 15 is 0 Å². The average molecular weight is 287 g/mol. The molecule has 3 aromatic rings. The molecule has 0 aliphatic carbocycles. The Balaban J connectivity index is 1.71. The van der Waals surface area contributed by atoms with Gasteiger partial charge >= 0.3 is 0 Å². The molecular weight excluding hydrogens is 274 g/mol. The largest absolute Gasteiger partial charge is 0.338 e. The van der Waals surface area contributed by atoms with Crippen LogP contribution in [0.5, 0.6) is 0 Å². The van der Waals surface area contributed by atoms with Crippen molar-refractivity contribution >= 4 is 11.8 Å². The monoisotopic (exact) mass is 287 g/mol. The van der Waals surface area contributed by atoms with E-state index in [9.17, 15) is 0 Å². The Morgan fingerprint density at radius 2 is 2.05 bits per heavy atom. The van der Waals surface area contributed by atoms with E-state index in [1.54, 1.807) is 6.33 Å². The first kappa shape index (κ1) is 12.9. The Bertz CT molecular complexity index is 704. The number of benzene rings is 1. The van der Waals surface area contributed by atoms with E-state index in [0.29, 0.717) is 17.5 Å². The first-order valence-corrected chi connectivity index (χ1v) is 7.07. The lowest BCUT2D eigenvalue weighted by Crippen LogP contribution is -1.90. The van der Waals surface area contributed by atoms with Crippen molar-refractivity contribution in [3.8, 4) is 11.4 Å². The van der Waals surface area contributed by atoms with Gasteiger partial charge in [0.15, 0.2) is 5.16 Å². The van der Waals surface area contributed by atoms with Gasteiger partial charge in [0.2, 0.25) is 11.7 Å². The van der Waals surface area contributed by atoms with Crippen LogP contribution in [0, 0.1) is 6.92 Å². The van der Waals surface area contributed by atoms with Crippen molar-refractivity contribution in [1.29, 1.82) is 0 Å². The summed E-state index contributed by atoms with van der Waals surface area (Å²) in [5.74, 6) is 1.76. The second kappa shape index (κ2) is 5.46. The highest BCUT2D eigenvalue weighted by molar-refractivity contribution is 7.98. The molecular formula is C13H13N5OS. The molecule has 1 aromatic carbocycles. The molecule has 102 valence electrons. The number of hydrogen-bond donors (Lipinski definition) is 0. The van der Waals surface area contributed by atoms with Crippen LogP contribution in [-0.4, -0.2) is 24.9 Å². The van der Waals surface area contributed by atoms with Crippen LogP contribution in [0.1, 0.15) is 11.5 Å². The summed E-state index contributed by atoms with van der Waals surface area (Å²) < 4.78 is 7.10. The molecule has 0 spiro atoms. The Kier molecular flexibility index (Phi) is 3.51. The van der Waals surface area contributed by atoms with Gasteiger partial charge in [-0.25, -0.2) is 0 Å². The number of rotatable bonds is 4. The van der Waals surface area contributed by atoms with E-state index in [1.165, 1.54) is 17.3 Å². The Morgan fingerprint density at radius 1 is 1.25 bits per heavy atom. The molecule has 0 saturated carbocycles. The van der Waals surface area contributed by atoms with Gasteiger partial charge in [0, 0.05) is 12.6 Å². The molecule has 0 aliphatic rings. The maximum absolute atomic E-state index is 5.25. The molecule has 2 aromatic heterocycles. The topological polar surface area (TPSA) is 69.6 Å². The van der Waals surface area contributed by atoms with Crippen LogP contribution in [0.25, 0.3) is 11.4 Å². The van der Waals surface area contributed by atoms with Crippen molar-refractivity contribution < 1.29 is 4.52 Å². The summed E-state index contributed by atoms with van der Waals surface area (Å²) in [6.07, 6.45) is 1.66. The molecule has 20 heavy (non-hydrogen) atoms. The van der Waals surface area contributed by atoms with Crippen LogP contribution < -0.4 is 0 Å². The van der Waals surface area contributed by atoms with Gasteiger partial charge in [-0.3, -0.25) is 0 Å². The third kappa shape index (κ3) is 2.72. The average Bonchev–Trinajstić information content (AvgIpc) is 3.06. The van der Waals surface area contributed by atoms with Gasteiger partial charge in [-0.1, -0.05) is 46.7 Å². The number of thioether (sulfide) groups is 1. The summed E-state index contributed by atoms with van der Waals surface area (Å²) >= 11 is 1.51. The molecule has 0 atom stereocenters. The van der Waals surface area contributed by atoms with E-state index < -0.39 is 0 Å². The van der Waals surface area contributed by atoms with Gasteiger partial charge in [-0.2, -0.15) is 4.98 Å². The van der Waals surface area contributed by atoms with E-state index in [2.05, 4.69) is 20.3 Å². The standard InChI is InChI=1S/C13H13N5OS/c1-9-3-5-10(6-4-9)12-15-11(19-17-12)7-20-13-16-14-8-18(13)2/h3-6,8H,7H2,1-2H3. The second-order valence-corrected chi connectivity index (χ2v) is 5.33. The van der Waals surface area contributed by atoms with Crippen LogP contribution in [0.15, 0.2) is 40.3 Å². The lowest BCUT2D eigenvalue weighted by molar-refractivity contribution is 0.391. The van der Waals surface area contributed by atoms with Crippen LogP contribution in [0.2, 0.25) is 0 Å². The minimum atomic E-state index is 0.575. The van der Waals surface area contributed by atoms with Gasteiger partial charge in [-0.15, -0.1) is 10.2 Å². The van der Waals surface area contributed by atoms with Crippen molar-refractivity contribution in [3.05, 3.63) is 42.0 Å². The van der Waals surface area contributed by atoms with Crippen LogP contribution in [0.3, 0.4) is 0 Å². The predicted molar refractivity (Wildman–Crippen MR) is 75.0 cm³/mol. The van der Waals surface area contributed by atoms with Gasteiger partial charge < -0.3 is 9.09 Å². The zero-order chi connectivity index (χ0) is 13.9. The minimum absolute atomic E-state index is 0.575. The van der Waals surface area contributed by atoms with Crippen LogP contribution >= 0.6 is 11.8 Å². The number of aryl methyl sites for hydroxylation is 2. The van der Waals surface area contributed by atoms with Gasteiger partial charge in [0.1, 0.15) is 6.33 Å². The smallest absolute Gasteiger partial charge is 0.237 e. The van der Waals surface area contributed by atoms with Gasteiger partial charge in [0.05, 0.1) is 5.75 Å². The maximum atomic E-state index is 5.25. The lowest BCUT2D eigenvalue weighted by Gasteiger charge is -1.96. The van der Waals surface area contributed by atoms with E-state index in [-0.39, 0.29) is 0 Å². The molecule has 0 unspecified atom stereocenters. The fourth-order valence-electron chi connectivity index (χ4n) is 1.66. The molecule has 0 saturated heterocycles. The van der Waals surface area contributed by atoms with Crippen molar-refractivity contribution in [2.45, 2.75) is 17.8 Å². The molecule has 0 N–H and O–H groups in total. The molecule has 0 bridgehead atoms. The second-order valence-electron chi connectivity index (χ2n) is 4.39. The lowest BCUT2D eigenvalue weighted by atomic mass is 10.1. The number of aromatic nitrogens is 5. The highest BCUT2D eigenvalue weighted by Crippen LogP contribution is 2.21. The van der Waals surface area contributed by atoms with E-state index in [1.807, 2.05) is 42.8 Å². The van der Waals surface area contributed by atoms with Crippen molar-refractivity contribution in [1.82, 2.24) is 24.9 Å². The summed E-state index contributed by atoms with van der Waals surface area (Å²) in [4.78, 5) is 4.38. The van der Waals surface area contributed by atoms with Gasteiger partial charge in [-0.05, 0) is 6.92 Å². The Hall–Kier alpha value is -2.15. The van der Waals surface area contributed by atoms with Gasteiger partial charge in [0.25, 0.3) is 0 Å². The van der Waals surface area contributed by atoms with E-state index in [4.69, 9.17) is 4.52 Å². The molecule has 0 amide bonds. The summed E-state index contributed by atoms with van der Waals surface area (Å²) in [6.45, 7) is 2.04. The molecule has 3 rings (SSSR count). The third-order valence-corrected chi connectivity index (χ3v) is 3.79. The number of nitrogens with zero attached hydrogens (tertiary/aromatic N) is 5. The quantitative estimate of drug-likeness (QED) is 0.687. The van der Waals surface area contributed by atoms with Crippen molar-refractivity contribution in [3.63, 3.8) is 0 Å². The molecule has 0 aliphatic heterocycles. The predicted octanol–water partition coefficient (Wildman–Crippen LogP) is 2.47. The fraction of sp³-hybridized carbons (Fsp3) is 0.231. The maximum Gasteiger partial charge on any atom is 0.237 e. The molecule has 7 heteroatoms. The fourth-order valence-corrected chi connectivity index (χ4v) is 2.39. The van der Waals surface area contributed by atoms with E-state index in [0.717, 1.165) is 10.7 Å². The van der Waals surface area contributed by atoms with Crippen molar-refractivity contribution in [2.75, 3.05) is 0 Å². The summed E-state index contributed by atoms with van der Waals surface area (Å²) in [6, 6.07) is 8.03. The highest BCUT2D eigenvalue weighted by Gasteiger charge is 2.10. The summed E-state index contributed by atoms with van der Waals surface area (Å²) in [5.41, 5.74) is 2.16. The SMILES string of the molecule is Cc1ccc(-c2noc(CSc3nncn3C)n2)cc1. The molecule has 2 heterocycles. The summed E-state index contributed by atoms with van der Waals surface area (Å²) in [7, 11) is 1.90. The van der Waals surface area contributed by atoms with Crippen molar-refractivity contribution in [2.24, 2.45) is 7.05 Å². The highest BCUT2D eigenvalue weighted by atomic mass is 32.2. The normalized spacial score (nSPS) is 10.9. The minimum Gasteiger partial charge on any atom is -0.338 e. The molecule has 0 radical (unpaired) electrons. The number of hydrogen-bond acceptors (Lipinski definition) is 6. The Morgan fingerprint density at radius 3 is 2.75 bits per heavy atom.